The van der Waals surface area contributed by atoms with Crippen LogP contribution in [0.3, 0.4) is 0 Å². The van der Waals surface area contributed by atoms with Gasteiger partial charge < -0.3 is 20.5 Å². The van der Waals surface area contributed by atoms with E-state index in [4.69, 9.17) is 15.2 Å². The summed E-state index contributed by atoms with van der Waals surface area (Å²) in [5.41, 5.74) is 6.51. The van der Waals surface area contributed by atoms with Crippen LogP contribution < -0.4 is 20.5 Å². The Morgan fingerprint density at radius 2 is 1.95 bits per heavy atom. The van der Waals surface area contributed by atoms with Crippen LogP contribution in [-0.4, -0.2) is 25.2 Å². The summed E-state index contributed by atoms with van der Waals surface area (Å²) in [5.74, 6) is 1.48. The third-order valence-electron chi connectivity index (χ3n) is 2.95. The molecule has 0 saturated heterocycles. The number of anilines is 1. The SMILES string of the molecule is CC(C)C[C@H](N)C(=O)Nc1cc2c(cc1Br)OCCO2. The zero-order chi connectivity index (χ0) is 14.7. The Bertz CT molecular complexity index is 505. The predicted molar refractivity (Wildman–Crippen MR) is 81.2 cm³/mol. The Kier molecular flexibility index (Phi) is 4.88. The smallest absolute Gasteiger partial charge is 0.241 e. The summed E-state index contributed by atoms with van der Waals surface area (Å²) in [4.78, 5) is 12.0. The molecule has 1 atom stereocenters. The van der Waals surface area contributed by atoms with Crippen LogP contribution in [0.25, 0.3) is 0 Å². The van der Waals surface area contributed by atoms with Crippen LogP contribution in [0.1, 0.15) is 20.3 Å². The monoisotopic (exact) mass is 342 g/mol. The first-order valence-electron chi connectivity index (χ1n) is 6.63. The Hall–Kier alpha value is -1.27. The largest absolute Gasteiger partial charge is 0.486 e. The second-order valence-corrected chi connectivity index (χ2v) is 6.06. The molecule has 1 aromatic carbocycles. The summed E-state index contributed by atoms with van der Waals surface area (Å²) in [6, 6.07) is 3.02. The van der Waals surface area contributed by atoms with Gasteiger partial charge in [-0.05, 0) is 28.3 Å². The lowest BCUT2D eigenvalue weighted by molar-refractivity contribution is -0.117. The molecule has 1 amide bonds. The summed E-state index contributed by atoms with van der Waals surface area (Å²) < 4.78 is 11.7. The molecule has 110 valence electrons. The van der Waals surface area contributed by atoms with E-state index in [9.17, 15) is 4.79 Å². The number of nitrogens with two attached hydrogens (primary N) is 1. The van der Waals surface area contributed by atoms with Crippen molar-refractivity contribution >= 4 is 27.5 Å². The number of nitrogens with one attached hydrogen (secondary N) is 1. The van der Waals surface area contributed by atoms with Gasteiger partial charge in [0.2, 0.25) is 5.91 Å². The van der Waals surface area contributed by atoms with Crippen molar-refractivity contribution < 1.29 is 14.3 Å². The molecule has 0 aromatic heterocycles. The van der Waals surface area contributed by atoms with Crippen molar-refractivity contribution in [3.63, 3.8) is 0 Å². The molecule has 0 fully saturated rings. The quantitative estimate of drug-likeness (QED) is 0.881. The van der Waals surface area contributed by atoms with Gasteiger partial charge in [0.05, 0.1) is 11.7 Å². The van der Waals surface area contributed by atoms with Gasteiger partial charge in [-0.15, -0.1) is 0 Å². The number of rotatable bonds is 4. The molecule has 0 saturated carbocycles. The number of benzene rings is 1. The molecule has 1 aromatic rings. The van der Waals surface area contributed by atoms with E-state index in [1.807, 2.05) is 13.8 Å². The van der Waals surface area contributed by atoms with Gasteiger partial charge in [0, 0.05) is 16.6 Å². The summed E-state index contributed by atoms with van der Waals surface area (Å²) >= 11 is 3.41. The van der Waals surface area contributed by atoms with E-state index in [1.54, 1.807) is 12.1 Å². The average molecular weight is 343 g/mol. The summed E-state index contributed by atoms with van der Waals surface area (Å²) in [7, 11) is 0. The lowest BCUT2D eigenvalue weighted by atomic mass is 10.0. The van der Waals surface area contributed by atoms with E-state index in [2.05, 4.69) is 21.2 Å². The van der Waals surface area contributed by atoms with Crippen molar-refractivity contribution in [2.75, 3.05) is 18.5 Å². The first-order valence-corrected chi connectivity index (χ1v) is 7.42. The van der Waals surface area contributed by atoms with Crippen molar-refractivity contribution in [3.05, 3.63) is 16.6 Å². The Morgan fingerprint density at radius 3 is 2.55 bits per heavy atom. The molecule has 20 heavy (non-hydrogen) atoms. The number of halogens is 1. The van der Waals surface area contributed by atoms with E-state index in [0.717, 1.165) is 4.47 Å². The van der Waals surface area contributed by atoms with E-state index in [0.29, 0.717) is 42.7 Å². The fourth-order valence-electron chi connectivity index (χ4n) is 2.00. The van der Waals surface area contributed by atoms with E-state index >= 15 is 0 Å². The van der Waals surface area contributed by atoms with Gasteiger partial charge in [0.1, 0.15) is 13.2 Å². The molecule has 2 rings (SSSR count). The van der Waals surface area contributed by atoms with Gasteiger partial charge in [-0.1, -0.05) is 13.8 Å². The second kappa shape index (κ2) is 6.45. The van der Waals surface area contributed by atoms with Crippen LogP contribution in [0, 0.1) is 5.92 Å². The van der Waals surface area contributed by atoms with Gasteiger partial charge in [-0.3, -0.25) is 4.79 Å². The first kappa shape index (κ1) is 15.1. The molecule has 1 aliphatic heterocycles. The molecule has 0 radical (unpaired) electrons. The minimum atomic E-state index is -0.518. The topological polar surface area (TPSA) is 73.6 Å². The molecule has 5 nitrogen and oxygen atoms in total. The summed E-state index contributed by atoms with van der Waals surface area (Å²) in [5, 5.41) is 2.82. The lowest BCUT2D eigenvalue weighted by Crippen LogP contribution is -2.36. The van der Waals surface area contributed by atoms with Gasteiger partial charge in [-0.2, -0.15) is 0 Å². The van der Waals surface area contributed by atoms with E-state index < -0.39 is 6.04 Å². The highest BCUT2D eigenvalue weighted by molar-refractivity contribution is 9.10. The maximum atomic E-state index is 12.0. The van der Waals surface area contributed by atoms with Crippen LogP contribution in [0.4, 0.5) is 5.69 Å². The molecule has 0 spiro atoms. The third kappa shape index (κ3) is 3.64. The summed E-state index contributed by atoms with van der Waals surface area (Å²) in [6.07, 6.45) is 0.647. The molecule has 3 N–H and O–H groups in total. The number of carbonyl (C=O) groups excluding carboxylic acids is 1. The fourth-order valence-corrected chi connectivity index (χ4v) is 2.42. The normalized spacial score (nSPS) is 15.1. The molecule has 0 bridgehead atoms. The predicted octanol–water partition coefficient (Wildman–Crippen LogP) is 2.53. The maximum Gasteiger partial charge on any atom is 0.241 e. The van der Waals surface area contributed by atoms with E-state index in [1.165, 1.54) is 0 Å². The molecular formula is C14H19BrN2O3. The van der Waals surface area contributed by atoms with Crippen LogP contribution in [0.2, 0.25) is 0 Å². The highest BCUT2D eigenvalue weighted by atomic mass is 79.9. The standard InChI is InChI=1S/C14H19BrN2O3/c1-8(2)5-10(16)14(18)17-11-7-13-12(6-9(11)15)19-3-4-20-13/h6-8,10H,3-5,16H2,1-2H3,(H,17,18)/t10-/m0/s1. The van der Waals surface area contributed by atoms with Gasteiger partial charge in [0.25, 0.3) is 0 Å². The first-order chi connectivity index (χ1) is 9.47. The van der Waals surface area contributed by atoms with Gasteiger partial charge in [-0.25, -0.2) is 0 Å². The molecule has 0 aliphatic carbocycles. The van der Waals surface area contributed by atoms with Crippen molar-refractivity contribution in [2.24, 2.45) is 11.7 Å². The van der Waals surface area contributed by atoms with Crippen molar-refractivity contribution in [2.45, 2.75) is 26.3 Å². The molecule has 6 heteroatoms. The summed E-state index contributed by atoms with van der Waals surface area (Å²) in [6.45, 7) is 5.11. The van der Waals surface area contributed by atoms with Crippen LogP contribution >= 0.6 is 15.9 Å². The van der Waals surface area contributed by atoms with Crippen molar-refractivity contribution in [1.82, 2.24) is 0 Å². The van der Waals surface area contributed by atoms with Crippen molar-refractivity contribution in [1.29, 1.82) is 0 Å². The number of carbonyl (C=O) groups is 1. The van der Waals surface area contributed by atoms with Gasteiger partial charge >= 0.3 is 0 Å². The van der Waals surface area contributed by atoms with E-state index in [-0.39, 0.29) is 5.91 Å². The van der Waals surface area contributed by atoms with Gasteiger partial charge in [0.15, 0.2) is 11.5 Å². The van der Waals surface area contributed by atoms with Crippen LogP contribution in [-0.2, 0) is 4.79 Å². The zero-order valence-corrected chi connectivity index (χ0v) is 13.2. The maximum absolute atomic E-state index is 12.0. The number of fused-ring (bicyclic) bond motifs is 1. The molecule has 1 aliphatic rings. The Morgan fingerprint density at radius 1 is 1.35 bits per heavy atom. The minimum absolute atomic E-state index is 0.198. The number of hydrogen-bond acceptors (Lipinski definition) is 4. The Balaban J connectivity index is 2.11. The molecular weight excluding hydrogens is 324 g/mol. The highest BCUT2D eigenvalue weighted by Gasteiger charge is 2.19. The number of ether oxygens (including phenoxy) is 2. The molecule has 0 unspecified atom stereocenters. The average Bonchev–Trinajstić information content (AvgIpc) is 2.38. The minimum Gasteiger partial charge on any atom is -0.486 e. The molecule has 1 heterocycles. The number of hydrogen-bond donors (Lipinski definition) is 2. The second-order valence-electron chi connectivity index (χ2n) is 5.20. The third-order valence-corrected chi connectivity index (χ3v) is 3.61. The fraction of sp³-hybridized carbons (Fsp3) is 0.500. The zero-order valence-electron chi connectivity index (χ0n) is 11.6. The van der Waals surface area contributed by atoms with Crippen LogP contribution in [0.5, 0.6) is 11.5 Å². The number of amides is 1. The Labute approximate surface area is 126 Å². The van der Waals surface area contributed by atoms with Crippen LogP contribution in [0.15, 0.2) is 16.6 Å². The van der Waals surface area contributed by atoms with Crippen molar-refractivity contribution in [3.8, 4) is 11.5 Å². The lowest BCUT2D eigenvalue weighted by Gasteiger charge is -2.21. The highest BCUT2D eigenvalue weighted by Crippen LogP contribution is 2.38.